The summed E-state index contributed by atoms with van der Waals surface area (Å²) in [6.45, 7) is 3.17. The van der Waals surface area contributed by atoms with E-state index < -0.39 is 39.0 Å². The fourth-order valence-electron chi connectivity index (χ4n) is 4.24. The van der Waals surface area contributed by atoms with E-state index in [2.05, 4.69) is 22.3 Å². The van der Waals surface area contributed by atoms with Crippen LogP contribution in [0.2, 0.25) is 0 Å². The highest BCUT2D eigenvalue weighted by Crippen LogP contribution is 2.36. The lowest BCUT2D eigenvalue weighted by atomic mass is 10.1. The Morgan fingerprint density at radius 1 is 0.975 bits per heavy atom. The maximum atomic E-state index is 12.9. The van der Waals surface area contributed by atoms with Crippen molar-refractivity contribution in [3.63, 3.8) is 0 Å². The second-order valence-electron chi connectivity index (χ2n) is 9.16. The third kappa shape index (κ3) is 5.19. The van der Waals surface area contributed by atoms with Crippen LogP contribution in [0.3, 0.4) is 0 Å². The molecule has 208 valence electrons. The first-order chi connectivity index (χ1) is 18.7. The first kappa shape index (κ1) is 27.7. The highest BCUT2D eigenvalue weighted by atomic mass is 32.2. The molecule has 0 bridgehead atoms. The summed E-state index contributed by atoms with van der Waals surface area (Å²) < 4.78 is 78.5. The van der Waals surface area contributed by atoms with Gasteiger partial charge in [-0.2, -0.15) is 30.5 Å². The second-order valence-corrected chi connectivity index (χ2v) is 11.7. The third-order valence-corrected chi connectivity index (χ3v) is 8.04. The zero-order chi connectivity index (χ0) is 29.0. The lowest BCUT2D eigenvalue weighted by molar-refractivity contribution is -0.139. The number of aromatic nitrogens is 1. The van der Waals surface area contributed by atoms with Gasteiger partial charge in [0, 0.05) is 27.1 Å². The van der Waals surface area contributed by atoms with Crippen molar-refractivity contribution in [3.8, 4) is 22.8 Å². The van der Waals surface area contributed by atoms with Crippen LogP contribution in [0.15, 0.2) is 74.4 Å². The standard InChI is InChI=1S/C27H21F3N2O6S2/c1-13-24(38-25(31-13)15-3-6-17(7-4-15)27(28,29)30)16-5-9-19-20-12-18(8-10-21(20)37-22(19)11-16)40(35,36)32-23(14(2)39)26(33)34/h3-12,14,23,32,39H,1-2H3,(H,33,34)/t14?,23-/m0/s1. The van der Waals surface area contributed by atoms with Crippen LogP contribution in [-0.4, -0.2) is 35.8 Å². The van der Waals surface area contributed by atoms with Crippen molar-refractivity contribution in [2.75, 3.05) is 0 Å². The Labute approximate surface area is 231 Å². The molecule has 5 rings (SSSR count). The summed E-state index contributed by atoms with van der Waals surface area (Å²) in [4.78, 5) is 15.7. The van der Waals surface area contributed by atoms with Gasteiger partial charge in [0.25, 0.3) is 0 Å². The van der Waals surface area contributed by atoms with E-state index in [0.29, 0.717) is 44.5 Å². The molecule has 1 unspecified atom stereocenters. The maximum Gasteiger partial charge on any atom is 0.416 e. The highest BCUT2D eigenvalue weighted by Gasteiger charge is 2.31. The number of carbonyl (C=O) groups is 1. The molecule has 0 aliphatic rings. The molecule has 0 radical (unpaired) electrons. The normalized spacial score (nSPS) is 14.1. The van der Waals surface area contributed by atoms with E-state index in [9.17, 15) is 31.5 Å². The van der Waals surface area contributed by atoms with Gasteiger partial charge >= 0.3 is 12.1 Å². The number of fused-ring (bicyclic) bond motifs is 3. The fourth-order valence-corrected chi connectivity index (χ4v) is 5.84. The number of nitrogens with one attached hydrogen (secondary N) is 1. The number of oxazole rings is 1. The molecule has 2 aromatic heterocycles. The number of halogens is 3. The Balaban J connectivity index is 1.49. The number of aliphatic carboxylic acids is 1. The molecule has 8 nitrogen and oxygen atoms in total. The van der Waals surface area contributed by atoms with E-state index in [0.717, 1.165) is 12.1 Å². The number of rotatable bonds is 7. The minimum atomic E-state index is -4.45. The average Bonchev–Trinajstić information content (AvgIpc) is 3.46. The molecule has 13 heteroatoms. The van der Waals surface area contributed by atoms with Crippen LogP contribution < -0.4 is 4.72 Å². The summed E-state index contributed by atoms with van der Waals surface area (Å²) >= 11 is 4.06. The predicted octanol–water partition coefficient (Wildman–Crippen LogP) is 6.29. The van der Waals surface area contributed by atoms with Crippen LogP contribution in [0, 0.1) is 6.92 Å². The number of furan rings is 1. The first-order valence-electron chi connectivity index (χ1n) is 11.8. The lowest BCUT2D eigenvalue weighted by Crippen LogP contribution is -2.45. The van der Waals surface area contributed by atoms with Crippen LogP contribution in [0.25, 0.3) is 44.7 Å². The van der Waals surface area contributed by atoms with Crippen molar-refractivity contribution >= 4 is 50.6 Å². The number of benzene rings is 3. The minimum absolute atomic E-state index is 0.140. The Kier molecular flexibility index (Phi) is 6.92. The molecule has 2 N–H and O–H groups in total. The van der Waals surface area contributed by atoms with E-state index in [1.807, 2.05) is 0 Å². The monoisotopic (exact) mass is 590 g/mol. The van der Waals surface area contributed by atoms with Crippen molar-refractivity contribution in [1.29, 1.82) is 0 Å². The molecule has 0 saturated carbocycles. The molecule has 2 atom stereocenters. The Bertz CT molecular complexity index is 1860. The fraction of sp³-hybridized carbons (Fsp3) is 0.185. The number of carboxylic acid groups (broad SMARTS) is 1. The van der Waals surface area contributed by atoms with E-state index in [1.165, 1.54) is 37.3 Å². The van der Waals surface area contributed by atoms with Gasteiger partial charge in [-0.25, -0.2) is 13.4 Å². The summed E-state index contributed by atoms with van der Waals surface area (Å²) in [5.74, 6) is -0.800. The Hall–Kier alpha value is -3.81. The van der Waals surface area contributed by atoms with Crippen molar-refractivity contribution in [1.82, 2.24) is 9.71 Å². The number of carboxylic acids is 1. The molecule has 0 saturated heterocycles. The van der Waals surface area contributed by atoms with E-state index in [-0.39, 0.29) is 10.8 Å². The number of thiol groups is 1. The van der Waals surface area contributed by atoms with Crippen molar-refractivity contribution in [3.05, 3.63) is 71.9 Å². The van der Waals surface area contributed by atoms with Gasteiger partial charge in [0.2, 0.25) is 15.9 Å². The van der Waals surface area contributed by atoms with Crippen molar-refractivity contribution in [2.45, 2.75) is 36.2 Å². The van der Waals surface area contributed by atoms with Crippen LogP contribution in [0.5, 0.6) is 0 Å². The smallest absolute Gasteiger partial charge is 0.416 e. The number of hydrogen-bond donors (Lipinski definition) is 3. The average molecular weight is 591 g/mol. The third-order valence-electron chi connectivity index (χ3n) is 6.30. The maximum absolute atomic E-state index is 12.9. The molecule has 2 heterocycles. The highest BCUT2D eigenvalue weighted by molar-refractivity contribution is 7.89. The zero-order valence-electron chi connectivity index (χ0n) is 20.9. The quantitative estimate of drug-likeness (QED) is 0.191. The number of nitrogens with zero attached hydrogens (tertiary/aromatic N) is 1. The van der Waals surface area contributed by atoms with E-state index in [4.69, 9.17) is 8.83 Å². The molecule has 0 fully saturated rings. The molecular weight excluding hydrogens is 569 g/mol. The van der Waals surface area contributed by atoms with E-state index in [1.54, 1.807) is 25.1 Å². The van der Waals surface area contributed by atoms with Gasteiger partial charge in [-0.15, -0.1) is 0 Å². The van der Waals surface area contributed by atoms with Crippen LogP contribution in [-0.2, 0) is 21.0 Å². The molecule has 0 aliphatic heterocycles. The largest absolute Gasteiger partial charge is 0.480 e. The summed E-state index contributed by atoms with van der Waals surface area (Å²) in [6.07, 6.45) is -4.45. The lowest BCUT2D eigenvalue weighted by Gasteiger charge is -2.17. The molecule has 3 aromatic carbocycles. The molecule has 0 amide bonds. The molecule has 5 aromatic rings. The van der Waals surface area contributed by atoms with Gasteiger partial charge < -0.3 is 13.9 Å². The Morgan fingerprint density at radius 2 is 1.65 bits per heavy atom. The summed E-state index contributed by atoms with van der Waals surface area (Å²) in [5.41, 5.74) is 1.54. The van der Waals surface area contributed by atoms with Gasteiger partial charge in [0.1, 0.15) is 17.2 Å². The summed E-state index contributed by atoms with van der Waals surface area (Å²) in [5, 5.41) is 9.66. The first-order valence-corrected chi connectivity index (χ1v) is 13.8. The molecular formula is C27H21F3N2O6S2. The van der Waals surface area contributed by atoms with Gasteiger partial charge in [0.15, 0.2) is 5.76 Å². The van der Waals surface area contributed by atoms with Gasteiger partial charge in [-0.05, 0) is 61.5 Å². The summed E-state index contributed by atoms with van der Waals surface area (Å²) in [7, 11) is -4.19. The van der Waals surface area contributed by atoms with Gasteiger partial charge in [0.05, 0.1) is 16.2 Å². The van der Waals surface area contributed by atoms with Crippen molar-refractivity contribution < 1.29 is 40.3 Å². The Morgan fingerprint density at radius 3 is 2.27 bits per heavy atom. The second kappa shape index (κ2) is 9.98. The van der Waals surface area contributed by atoms with Crippen LogP contribution >= 0.6 is 12.6 Å². The number of aryl methyl sites for hydroxylation is 1. The SMILES string of the molecule is Cc1nc(-c2ccc(C(F)(F)F)cc2)oc1-c1ccc2c(c1)oc1ccc(S(=O)(=O)N[C@H](C(=O)O)C(C)S)cc12. The molecule has 40 heavy (non-hydrogen) atoms. The summed E-state index contributed by atoms with van der Waals surface area (Å²) in [6, 6.07) is 12.4. The minimum Gasteiger partial charge on any atom is -0.480 e. The van der Waals surface area contributed by atoms with Gasteiger partial charge in [-0.1, -0.05) is 13.0 Å². The number of hydrogen-bond acceptors (Lipinski definition) is 7. The zero-order valence-corrected chi connectivity index (χ0v) is 22.6. The van der Waals surface area contributed by atoms with Crippen LogP contribution in [0.4, 0.5) is 13.2 Å². The number of sulfonamides is 1. The van der Waals surface area contributed by atoms with E-state index >= 15 is 0 Å². The predicted molar refractivity (Wildman–Crippen MR) is 145 cm³/mol. The molecule has 0 aliphatic carbocycles. The topological polar surface area (TPSA) is 123 Å². The van der Waals surface area contributed by atoms with Crippen molar-refractivity contribution in [2.24, 2.45) is 0 Å². The van der Waals surface area contributed by atoms with Gasteiger partial charge in [-0.3, -0.25) is 4.79 Å². The molecule has 0 spiro atoms. The number of alkyl halides is 3. The van der Waals surface area contributed by atoms with Crippen LogP contribution in [0.1, 0.15) is 18.2 Å².